The summed E-state index contributed by atoms with van der Waals surface area (Å²) in [5, 5.41) is 17.9. The van der Waals surface area contributed by atoms with E-state index in [9.17, 15) is 0 Å². The van der Waals surface area contributed by atoms with Crippen molar-refractivity contribution in [2.45, 2.75) is 13.8 Å². The average molecular weight is 609 g/mol. The fourth-order valence-electron chi connectivity index (χ4n) is 7.70. The van der Waals surface area contributed by atoms with Gasteiger partial charge in [0.2, 0.25) is 0 Å². The lowest BCUT2D eigenvalue weighted by Gasteiger charge is -2.11. The first-order valence-electron chi connectivity index (χ1n) is 16.8. The number of fused-ring (bicyclic) bond motifs is 7. The summed E-state index contributed by atoms with van der Waals surface area (Å²) in [4.78, 5) is 0. The highest BCUT2D eigenvalue weighted by molar-refractivity contribution is 6.07. The van der Waals surface area contributed by atoms with E-state index in [4.69, 9.17) is 0 Å². The molecule has 0 unspecified atom stereocenters. The molecule has 0 aliphatic rings. The van der Waals surface area contributed by atoms with Crippen LogP contribution in [0.25, 0.3) is 97.7 Å². The van der Waals surface area contributed by atoms with Crippen LogP contribution >= 0.6 is 0 Å². The molecule has 0 aliphatic carbocycles. The lowest BCUT2D eigenvalue weighted by atomic mass is 9.94. The molecule has 0 N–H and O–H groups in total. The molecule has 0 saturated heterocycles. The zero-order valence-electron chi connectivity index (χ0n) is 27.0. The summed E-state index contributed by atoms with van der Waals surface area (Å²) in [7, 11) is 0. The Kier molecular flexibility index (Phi) is 5.81. The van der Waals surface area contributed by atoms with Crippen molar-refractivity contribution < 1.29 is 0 Å². The van der Waals surface area contributed by atoms with Gasteiger partial charge in [0.15, 0.2) is 0 Å². The van der Waals surface area contributed by atoms with E-state index in [0.717, 1.165) is 0 Å². The van der Waals surface area contributed by atoms with Gasteiger partial charge in [0.1, 0.15) is 0 Å². The summed E-state index contributed by atoms with van der Waals surface area (Å²) in [5.41, 5.74) is 7.55. The monoisotopic (exact) mass is 608 g/mol. The Balaban J connectivity index is 1.03. The van der Waals surface area contributed by atoms with Crippen LogP contribution in [0.1, 0.15) is 11.1 Å². The van der Waals surface area contributed by atoms with Crippen molar-refractivity contribution in [1.82, 2.24) is 0 Å². The molecule has 0 heteroatoms. The Bertz CT molecular complexity index is 2760. The molecule has 0 bridgehead atoms. The van der Waals surface area contributed by atoms with Crippen LogP contribution in [0, 0.1) is 13.8 Å². The third-order valence-electron chi connectivity index (χ3n) is 10.3. The van der Waals surface area contributed by atoms with Crippen molar-refractivity contribution in [3.63, 3.8) is 0 Å². The molecule has 0 atom stereocenters. The van der Waals surface area contributed by atoms with Crippen molar-refractivity contribution in [2.75, 3.05) is 0 Å². The summed E-state index contributed by atoms with van der Waals surface area (Å²) in [6, 6.07) is 59.5. The van der Waals surface area contributed by atoms with Gasteiger partial charge in [0.05, 0.1) is 0 Å². The van der Waals surface area contributed by atoms with Crippen molar-refractivity contribution in [3.05, 3.63) is 169 Å². The topological polar surface area (TPSA) is 0 Å². The molecule has 10 aromatic carbocycles. The minimum absolute atomic E-state index is 1.24. The van der Waals surface area contributed by atoms with Crippen LogP contribution < -0.4 is 0 Å². The minimum atomic E-state index is 1.24. The second-order valence-corrected chi connectivity index (χ2v) is 13.7. The molecule has 0 nitrogen and oxygen atoms in total. The van der Waals surface area contributed by atoms with Gasteiger partial charge in [-0.1, -0.05) is 96.1 Å². The number of benzene rings is 10. The fourth-order valence-corrected chi connectivity index (χ4v) is 7.70. The van der Waals surface area contributed by atoms with E-state index in [2.05, 4.69) is 172 Å². The maximum Gasteiger partial charge on any atom is -0.0171 e. The van der Waals surface area contributed by atoms with E-state index >= 15 is 0 Å². The van der Waals surface area contributed by atoms with E-state index in [1.54, 1.807) is 0 Å². The Morgan fingerprint density at radius 3 is 0.771 bits per heavy atom. The standard InChI is InChI=1S/C48H32/c1-29-3-5-36-21-47-27-43-19-34(11-13-38(43)23-45(47)25-40(36)15-29)32-9-7-31-8-10-33(18-42(31)17-32)35-12-14-39-24-46-26-41-16-30(2)4-6-37(41)22-48(46)28-44(39)20-35/h3-28H,1-2H3. The highest BCUT2D eigenvalue weighted by Crippen LogP contribution is 2.35. The first-order chi connectivity index (χ1) is 23.5. The highest BCUT2D eigenvalue weighted by Gasteiger charge is 2.08. The van der Waals surface area contributed by atoms with Gasteiger partial charge in [-0.25, -0.2) is 0 Å². The Labute approximate surface area is 279 Å². The molecular formula is C48H32. The number of hydrogen-bond donors (Lipinski definition) is 0. The molecule has 224 valence electrons. The molecule has 10 aromatic rings. The zero-order chi connectivity index (χ0) is 31.9. The summed E-state index contributed by atoms with van der Waals surface area (Å²) in [6.45, 7) is 4.32. The van der Waals surface area contributed by atoms with Gasteiger partial charge in [-0.15, -0.1) is 0 Å². The molecular weight excluding hydrogens is 577 g/mol. The van der Waals surface area contributed by atoms with Gasteiger partial charge < -0.3 is 0 Å². The molecule has 10 rings (SSSR count). The number of rotatable bonds is 2. The Hall–Kier alpha value is -5.98. The molecule has 0 heterocycles. The average Bonchev–Trinajstić information content (AvgIpc) is 3.10. The second kappa shape index (κ2) is 10.3. The Morgan fingerprint density at radius 1 is 0.188 bits per heavy atom. The third-order valence-corrected chi connectivity index (χ3v) is 10.3. The van der Waals surface area contributed by atoms with Crippen molar-refractivity contribution in [3.8, 4) is 22.3 Å². The predicted molar refractivity (Wildman–Crippen MR) is 209 cm³/mol. The first-order valence-corrected chi connectivity index (χ1v) is 16.8. The van der Waals surface area contributed by atoms with Crippen LogP contribution in [0.2, 0.25) is 0 Å². The molecule has 0 amide bonds. The molecule has 0 aromatic heterocycles. The zero-order valence-corrected chi connectivity index (χ0v) is 27.0. The third kappa shape index (κ3) is 4.53. The maximum absolute atomic E-state index is 2.35. The van der Waals surface area contributed by atoms with Crippen LogP contribution in [-0.4, -0.2) is 0 Å². The molecule has 0 fully saturated rings. The number of hydrogen-bond acceptors (Lipinski definition) is 0. The van der Waals surface area contributed by atoms with Crippen LogP contribution in [0.15, 0.2) is 158 Å². The smallest absolute Gasteiger partial charge is 0.0171 e. The normalized spacial score (nSPS) is 12.0. The first kappa shape index (κ1) is 27.2. The van der Waals surface area contributed by atoms with E-state index in [1.807, 2.05) is 0 Å². The van der Waals surface area contributed by atoms with Gasteiger partial charge in [-0.2, -0.15) is 0 Å². The lowest BCUT2D eigenvalue weighted by molar-refractivity contribution is 1.51. The van der Waals surface area contributed by atoms with Crippen molar-refractivity contribution >= 4 is 75.4 Å². The van der Waals surface area contributed by atoms with Gasteiger partial charge in [0, 0.05) is 0 Å². The SMILES string of the molecule is Cc1ccc2cc3cc4cc(-c5ccc6ccc(-c7ccc8cc9cc%10cc(C)ccc%10cc9cc8c7)cc6c5)ccc4cc3cc2c1. The van der Waals surface area contributed by atoms with Crippen molar-refractivity contribution in [1.29, 1.82) is 0 Å². The molecule has 0 radical (unpaired) electrons. The predicted octanol–water partition coefficient (Wildman–Crippen LogP) is 13.7. The van der Waals surface area contributed by atoms with E-state index < -0.39 is 0 Å². The largest absolute Gasteiger partial charge is 0.0587 e. The van der Waals surface area contributed by atoms with Crippen LogP contribution in [-0.2, 0) is 0 Å². The summed E-state index contributed by atoms with van der Waals surface area (Å²) < 4.78 is 0. The Morgan fingerprint density at radius 2 is 0.417 bits per heavy atom. The molecule has 0 saturated carbocycles. The van der Waals surface area contributed by atoms with Crippen LogP contribution in [0.3, 0.4) is 0 Å². The summed E-state index contributed by atoms with van der Waals surface area (Å²) in [5.74, 6) is 0. The van der Waals surface area contributed by atoms with Crippen LogP contribution in [0.5, 0.6) is 0 Å². The molecule has 0 aliphatic heterocycles. The lowest BCUT2D eigenvalue weighted by Crippen LogP contribution is -1.84. The minimum Gasteiger partial charge on any atom is -0.0587 e. The van der Waals surface area contributed by atoms with E-state index in [1.165, 1.54) is 109 Å². The van der Waals surface area contributed by atoms with E-state index in [0.29, 0.717) is 0 Å². The van der Waals surface area contributed by atoms with Gasteiger partial charge in [-0.05, 0) is 184 Å². The fraction of sp³-hybridized carbons (Fsp3) is 0.0417. The summed E-state index contributed by atoms with van der Waals surface area (Å²) >= 11 is 0. The van der Waals surface area contributed by atoms with Crippen LogP contribution in [0.4, 0.5) is 0 Å². The molecule has 48 heavy (non-hydrogen) atoms. The highest BCUT2D eigenvalue weighted by atomic mass is 14.1. The maximum atomic E-state index is 2.35. The second-order valence-electron chi connectivity index (χ2n) is 13.7. The van der Waals surface area contributed by atoms with E-state index in [-0.39, 0.29) is 0 Å². The van der Waals surface area contributed by atoms with Gasteiger partial charge in [0.25, 0.3) is 0 Å². The summed E-state index contributed by atoms with van der Waals surface area (Å²) in [6.07, 6.45) is 0. The quantitative estimate of drug-likeness (QED) is 0.171. The number of aryl methyl sites for hydroxylation is 2. The van der Waals surface area contributed by atoms with Gasteiger partial charge in [-0.3, -0.25) is 0 Å². The molecule has 0 spiro atoms. The van der Waals surface area contributed by atoms with Crippen molar-refractivity contribution in [2.24, 2.45) is 0 Å². The van der Waals surface area contributed by atoms with Gasteiger partial charge >= 0.3 is 0 Å².